The van der Waals surface area contributed by atoms with Gasteiger partial charge in [-0.15, -0.1) is 5.10 Å². The predicted octanol–water partition coefficient (Wildman–Crippen LogP) is 3.40. The molecular formula is C16H12F3N5O. The first-order chi connectivity index (χ1) is 11.9. The van der Waals surface area contributed by atoms with Gasteiger partial charge in [0.15, 0.2) is 11.5 Å². The maximum absolute atomic E-state index is 13.0. The minimum absolute atomic E-state index is 0.0268. The van der Waals surface area contributed by atoms with E-state index in [0.29, 0.717) is 11.6 Å². The molecule has 3 heterocycles. The van der Waals surface area contributed by atoms with Crippen molar-refractivity contribution in [3.63, 3.8) is 0 Å². The van der Waals surface area contributed by atoms with E-state index in [9.17, 15) is 13.2 Å². The molecule has 128 valence electrons. The lowest BCUT2D eigenvalue weighted by molar-refractivity contribution is -0.144. The normalized spacial score (nSPS) is 12.2. The van der Waals surface area contributed by atoms with Gasteiger partial charge in [-0.2, -0.15) is 22.8 Å². The summed E-state index contributed by atoms with van der Waals surface area (Å²) < 4.78 is 46.9. The zero-order valence-corrected chi connectivity index (χ0v) is 13.2. The summed E-state index contributed by atoms with van der Waals surface area (Å²) in [6.45, 7) is 1.90. The Bertz CT molecular complexity index is 1100. The first kappa shape index (κ1) is 15.4. The molecular weight excluding hydrogens is 335 g/mol. The highest BCUT2D eigenvalue weighted by Crippen LogP contribution is 2.29. The number of methoxy groups -OCH3 is 1. The van der Waals surface area contributed by atoms with Crippen molar-refractivity contribution in [2.45, 2.75) is 13.1 Å². The Balaban J connectivity index is 2.07. The van der Waals surface area contributed by atoms with E-state index in [4.69, 9.17) is 4.74 Å². The Hall–Kier alpha value is -3.10. The maximum Gasteiger partial charge on any atom is 0.453 e. The summed E-state index contributed by atoms with van der Waals surface area (Å²) in [6.07, 6.45) is -2.99. The smallest absolute Gasteiger partial charge is 0.453 e. The minimum Gasteiger partial charge on any atom is -0.496 e. The number of alkyl halides is 3. The summed E-state index contributed by atoms with van der Waals surface area (Å²) in [5.41, 5.74) is 1.74. The van der Waals surface area contributed by atoms with E-state index in [1.54, 1.807) is 12.3 Å². The molecule has 0 bridgehead atoms. The lowest BCUT2D eigenvalue weighted by Gasteiger charge is -2.09. The summed E-state index contributed by atoms with van der Waals surface area (Å²) >= 11 is 0. The van der Waals surface area contributed by atoms with E-state index in [1.165, 1.54) is 17.9 Å². The second-order valence-corrected chi connectivity index (χ2v) is 5.53. The lowest BCUT2D eigenvalue weighted by atomic mass is 10.2. The van der Waals surface area contributed by atoms with Crippen LogP contribution in [0.5, 0.6) is 5.75 Å². The molecule has 0 fully saturated rings. The van der Waals surface area contributed by atoms with Crippen LogP contribution in [-0.4, -0.2) is 31.5 Å². The zero-order chi connectivity index (χ0) is 17.8. The van der Waals surface area contributed by atoms with E-state index in [0.717, 1.165) is 21.0 Å². The molecule has 0 atom stereocenters. The van der Waals surface area contributed by atoms with Gasteiger partial charge in [-0.05, 0) is 12.5 Å². The second-order valence-electron chi connectivity index (χ2n) is 5.53. The summed E-state index contributed by atoms with van der Waals surface area (Å²) in [6, 6.07) is 8.64. The number of hydrogen-bond donors (Lipinski definition) is 0. The standard InChI is InChI=1S/C16H12F3N5O/c1-9-4-3-5-10-8-20-24(14(9)10)13-7-11(25-2)6-12-21-15(16(17,18)19)22-23(12)13/h3-8H,1-2H3. The van der Waals surface area contributed by atoms with Crippen LogP contribution < -0.4 is 4.74 Å². The highest BCUT2D eigenvalue weighted by atomic mass is 19.4. The molecule has 0 radical (unpaired) electrons. The Kier molecular flexibility index (Phi) is 3.21. The third-order valence-electron chi connectivity index (χ3n) is 3.89. The average molecular weight is 347 g/mol. The molecule has 1 aromatic carbocycles. The van der Waals surface area contributed by atoms with Gasteiger partial charge in [0.2, 0.25) is 0 Å². The molecule has 0 aliphatic carbocycles. The monoisotopic (exact) mass is 347 g/mol. The second kappa shape index (κ2) is 5.20. The third kappa shape index (κ3) is 2.39. The van der Waals surface area contributed by atoms with E-state index < -0.39 is 12.0 Å². The number of benzene rings is 1. The highest BCUT2D eigenvalue weighted by molar-refractivity contribution is 5.83. The van der Waals surface area contributed by atoms with E-state index in [-0.39, 0.29) is 5.65 Å². The van der Waals surface area contributed by atoms with Crippen molar-refractivity contribution in [1.29, 1.82) is 0 Å². The van der Waals surface area contributed by atoms with E-state index in [2.05, 4.69) is 15.2 Å². The number of nitrogens with zero attached hydrogens (tertiary/aromatic N) is 5. The van der Waals surface area contributed by atoms with Crippen molar-refractivity contribution in [1.82, 2.24) is 24.4 Å². The number of ether oxygens (including phenoxy) is 1. The molecule has 0 aliphatic rings. The highest BCUT2D eigenvalue weighted by Gasteiger charge is 2.36. The number of halogens is 3. The van der Waals surface area contributed by atoms with Crippen molar-refractivity contribution in [3.05, 3.63) is 47.9 Å². The van der Waals surface area contributed by atoms with Crippen molar-refractivity contribution >= 4 is 16.6 Å². The van der Waals surface area contributed by atoms with Crippen molar-refractivity contribution in [2.75, 3.05) is 7.11 Å². The number of rotatable bonds is 2. The van der Waals surface area contributed by atoms with Gasteiger partial charge in [-0.3, -0.25) is 0 Å². The van der Waals surface area contributed by atoms with E-state index >= 15 is 0 Å². The van der Waals surface area contributed by atoms with Crippen molar-refractivity contribution < 1.29 is 17.9 Å². The molecule has 0 unspecified atom stereocenters. The first-order valence-corrected chi connectivity index (χ1v) is 7.34. The molecule has 25 heavy (non-hydrogen) atoms. The lowest BCUT2D eigenvalue weighted by Crippen LogP contribution is -2.09. The quantitative estimate of drug-likeness (QED) is 0.558. The fourth-order valence-electron chi connectivity index (χ4n) is 2.76. The third-order valence-corrected chi connectivity index (χ3v) is 3.89. The van der Waals surface area contributed by atoms with Crippen molar-refractivity contribution in [3.8, 4) is 11.6 Å². The number of pyridine rings is 1. The topological polar surface area (TPSA) is 57.2 Å². The van der Waals surface area contributed by atoms with Gasteiger partial charge in [0.1, 0.15) is 5.75 Å². The Morgan fingerprint density at radius 2 is 1.96 bits per heavy atom. The number of aromatic nitrogens is 5. The minimum atomic E-state index is -4.64. The van der Waals surface area contributed by atoms with Crippen LogP contribution in [-0.2, 0) is 6.18 Å². The van der Waals surface area contributed by atoms with Gasteiger partial charge in [0.25, 0.3) is 5.82 Å². The average Bonchev–Trinajstić information content (AvgIpc) is 3.18. The predicted molar refractivity (Wildman–Crippen MR) is 83.9 cm³/mol. The Labute approximate surface area is 139 Å². The van der Waals surface area contributed by atoms with Gasteiger partial charge in [0.05, 0.1) is 18.8 Å². The number of para-hydroxylation sites is 1. The first-order valence-electron chi connectivity index (χ1n) is 7.34. The molecule has 0 N–H and O–H groups in total. The summed E-state index contributed by atoms with van der Waals surface area (Å²) in [4.78, 5) is 3.57. The van der Waals surface area contributed by atoms with E-state index in [1.807, 2.05) is 25.1 Å². The molecule has 9 heteroatoms. The SMILES string of the molecule is COc1cc(-n2ncc3cccc(C)c32)n2nc(C(F)(F)F)nc2c1. The molecule has 0 amide bonds. The van der Waals surface area contributed by atoms with Gasteiger partial charge in [-0.25, -0.2) is 9.67 Å². The van der Waals surface area contributed by atoms with Crippen molar-refractivity contribution in [2.24, 2.45) is 0 Å². The summed E-state index contributed by atoms with van der Waals surface area (Å²) in [7, 11) is 1.43. The molecule has 4 aromatic rings. The van der Waals surface area contributed by atoms with Crippen LogP contribution in [0.2, 0.25) is 0 Å². The molecule has 6 nitrogen and oxygen atoms in total. The number of fused-ring (bicyclic) bond motifs is 2. The van der Waals surface area contributed by atoms with Crippen LogP contribution in [0.25, 0.3) is 22.4 Å². The van der Waals surface area contributed by atoms with Gasteiger partial charge >= 0.3 is 6.18 Å². The molecule has 4 rings (SSSR count). The molecule has 0 spiro atoms. The summed E-state index contributed by atoms with van der Waals surface area (Å²) in [5, 5.41) is 8.80. The maximum atomic E-state index is 13.0. The van der Waals surface area contributed by atoms with Crippen LogP contribution in [0.3, 0.4) is 0 Å². The molecule has 3 aromatic heterocycles. The number of aryl methyl sites for hydroxylation is 1. The number of hydrogen-bond acceptors (Lipinski definition) is 4. The summed E-state index contributed by atoms with van der Waals surface area (Å²) in [5.74, 6) is -0.544. The Morgan fingerprint density at radius 1 is 1.16 bits per heavy atom. The fourth-order valence-corrected chi connectivity index (χ4v) is 2.76. The van der Waals surface area contributed by atoms with Gasteiger partial charge < -0.3 is 4.74 Å². The fraction of sp³-hybridized carbons (Fsp3) is 0.188. The van der Waals surface area contributed by atoms with Crippen LogP contribution in [0.15, 0.2) is 36.5 Å². The molecule has 0 aliphatic heterocycles. The van der Waals surface area contributed by atoms with Gasteiger partial charge in [-0.1, -0.05) is 18.2 Å². The van der Waals surface area contributed by atoms with Crippen LogP contribution in [0.4, 0.5) is 13.2 Å². The van der Waals surface area contributed by atoms with Gasteiger partial charge in [0, 0.05) is 17.5 Å². The Morgan fingerprint density at radius 3 is 2.68 bits per heavy atom. The van der Waals surface area contributed by atoms with Crippen LogP contribution in [0, 0.1) is 6.92 Å². The molecule has 0 saturated heterocycles. The van der Waals surface area contributed by atoms with Crippen LogP contribution in [0.1, 0.15) is 11.4 Å². The molecule has 0 saturated carbocycles. The zero-order valence-electron chi connectivity index (χ0n) is 13.2. The largest absolute Gasteiger partial charge is 0.496 e. The van der Waals surface area contributed by atoms with Crippen LogP contribution >= 0.6 is 0 Å².